The molecule has 0 aromatic rings. The van der Waals surface area contributed by atoms with E-state index in [1.54, 1.807) is 6.92 Å². The third-order valence-corrected chi connectivity index (χ3v) is 8.99. The second-order valence-corrected chi connectivity index (χ2v) is 13.1. The first kappa shape index (κ1) is 43.3. The highest BCUT2D eigenvalue weighted by Gasteiger charge is 2.15. The fourth-order valence-electron chi connectivity index (χ4n) is 5.68. The van der Waals surface area contributed by atoms with Crippen molar-refractivity contribution in [1.29, 1.82) is 0 Å². The van der Waals surface area contributed by atoms with Gasteiger partial charge in [0.1, 0.15) is 31.4 Å². The first-order chi connectivity index (χ1) is 22.6. The second-order valence-electron chi connectivity index (χ2n) is 13.1. The summed E-state index contributed by atoms with van der Waals surface area (Å²) in [6, 6.07) is 0. The van der Waals surface area contributed by atoms with Crippen molar-refractivity contribution in [2.45, 2.75) is 149 Å². The van der Waals surface area contributed by atoms with E-state index in [9.17, 15) is 24.0 Å². The summed E-state index contributed by atoms with van der Waals surface area (Å²) >= 11 is 0. The lowest BCUT2D eigenvalue weighted by atomic mass is 9.90. The number of allylic oxidation sites excluding steroid dienone is 8. The van der Waals surface area contributed by atoms with Crippen LogP contribution in [-0.4, -0.2) is 31.4 Å². The zero-order valence-corrected chi connectivity index (χ0v) is 29.3. The Morgan fingerprint density at radius 1 is 0.413 bits per heavy atom. The van der Waals surface area contributed by atoms with Crippen LogP contribution in [0.3, 0.4) is 0 Å². The van der Waals surface area contributed by atoms with E-state index in [2.05, 4.69) is 55.5 Å². The SMILES string of the molecule is CCCCCCCC=CC=CC=CCCCC(C=O)CCC=CCC(C=O)CCCC(C=O)CCCCCCC(C=O)C(C)C=O. The van der Waals surface area contributed by atoms with Crippen LogP contribution < -0.4 is 0 Å². The number of aldehydes is 5. The van der Waals surface area contributed by atoms with Gasteiger partial charge in [0.2, 0.25) is 0 Å². The Balaban J connectivity index is 4.01. The van der Waals surface area contributed by atoms with Crippen molar-refractivity contribution in [2.24, 2.45) is 29.6 Å². The highest BCUT2D eigenvalue weighted by molar-refractivity contribution is 5.64. The maximum Gasteiger partial charge on any atom is 0.123 e. The summed E-state index contributed by atoms with van der Waals surface area (Å²) in [6.45, 7) is 4.03. The van der Waals surface area contributed by atoms with Crippen LogP contribution in [0.4, 0.5) is 0 Å². The van der Waals surface area contributed by atoms with Crippen LogP contribution in [0.15, 0.2) is 48.6 Å². The van der Waals surface area contributed by atoms with Gasteiger partial charge < -0.3 is 24.0 Å². The molecular weight excluding hydrogens is 572 g/mol. The molecule has 5 heteroatoms. The molecule has 0 N–H and O–H groups in total. The Kier molecular flexibility index (Phi) is 31.7. The average molecular weight is 639 g/mol. The van der Waals surface area contributed by atoms with Gasteiger partial charge in [-0.05, 0) is 77.0 Å². The van der Waals surface area contributed by atoms with Gasteiger partial charge in [0, 0.05) is 29.6 Å². The topological polar surface area (TPSA) is 85.3 Å². The highest BCUT2D eigenvalue weighted by atomic mass is 16.1. The van der Waals surface area contributed by atoms with E-state index in [1.165, 1.54) is 32.1 Å². The molecular formula is C41H66O5. The van der Waals surface area contributed by atoms with E-state index in [0.29, 0.717) is 6.42 Å². The van der Waals surface area contributed by atoms with E-state index in [-0.39, 0.29) is 29.6 Å². The number of rotatable bonds is 34. The molecule has 0 heterocycles. The number of hydrogen-bond acceptors (Lipinski definition) is 5. The predicted molar refractivity (Wildman–Crippen MR) is 193 cm³/mol. The standard InChI is InChI=1S/C41H66O5/c1-3-4-5-6-7-8-9-10-11-12-13-14-15-19-25-38(33-43)27-21-18-22-28-40(35-45)30-24-29-39(34-44)26-20-16-17-23-31-41(36-46)37(2)32-42/h9-14,18,22,32-41H,3-8,15-17,19-21,23-31H2,1-2H3. The summed E-state index contributed by atoms with van der Waals surface area (Å²) in [6.07, 6.45) is 42.8. The van der Waals surface area contributed by atoms with Crippen molar-refractivity contribution in [2.75, 3.05) is 0 Å². The lowest BCUT2D eigenvalue weighted by Gasteiger charge is -2.13. The van der Waals surface area contributed by atoms with Crippen molar-refractivity contribution >= 4 is 31.4 Å². The maximum atomic E-state index is 11.6. The van der Waals surface area contributed by atoms with Crippen LogP contribution >= 0.6 is 0 Å². The maximum absolute atomic E-state index is 11.6. The van der Waals surface area contributed by atoms with Crippen LogP contribution in [0.1, 0.15) is 149 Å². The molecule has 0 aliphatic carbocycles. The van der Waals surface area contributed by atoms with Gasteiger partial charge in [-0.25, -0.2) is 0 Å². The third kappa shape index (κ3) is 26.5. The summed E-state index contributed by atoms with van der Waals surface area (Å²) in [5.41, 5.74) is 0. The molecule has 0 bridgehead atoms. The lowest BCUT2D eigenvalue weighted by molar-refractivity contribution is -0.119. The van der Waals surface area contributed by atoms with E-state index in [1.807, 2.05) is 0 Å². The normalized spacial score (nSPS) is 15.3. The fourth-order valence-corrected chi connectivity index (χ4v) is 5.68. The monoisotopic (exact) mass is 638 g/mol. The average Bonchev–Trinajstić information content (AvgIpc) is 3.08. The Hall–Kier alpha value is -2.69. The first-order valence-corrected chi connectivity index (χ1v) is 18.5. The third-order valence-electron chi connectivity index (χ3n) is 8.99. The molecule has 5 unspecified atom stereocenters. The molecule has 0 amide bonds. The van der Waals surface area contributed by atoms with E-state index in [0.717, 1.165) is 128 Å². The largest absolute Gasteiger partial charge is 0.303 e. The number of carbonyl (C=O) groups excluding carboxylic acids is 5. The van der Waals surface area contributed by atoms with Gasteiger partial charge in [0.15, 0.2) is 0 Å². The Morgan fingerprint density at radius 2 is 0.957 bits per heavy atom. The van der Waals surface area contributed by atoms with Crippen LogP contribution in [0.2, 0.25) is 0 Å². The Labute approximate surface area is 281 Å². The molecule has 0 rings (SSSR count). The minimum Gasteiger partial charge on any atom is -0.303 e. The molecule has 0 aromatic heterocycles. The minimum absolute atomic E-state index is 0.0307. The summed E-state index contributed by atoms with van der Waals surface area (Å²) in [4.78, 5) is 56.6. The zero-order chi connectivity index (χ0) is 33.9. The quantitative estimate of drug-likeness (QED) is 0.0303. The number of hydrogen-bond donors (Lipinski definition) is 0. The van der Waals surface area contributed by atoms with Crippen LogP contribution in [-0.2, 0) is 24.0 Å². The van der Waals surface area contributed by atoms with Crippen molar-refractivity contribution in [3.05, 3.63) is 48.6 Å². The summed E-state index contributed by atoms with van der Waals surface area (Å²) in [7, 11) is 0. The molecule has 0 aliphatic heterocycles. The van der Waals surface area contributed by atoms with Crippen LogP contribution in [0.5, 0.6) is 0 Å². The zero-order valence-electron chi connectivity index (χ0n) is 29.3. The van der Waals surface area contributed by atoms with E-state index < -0.39 is 0 Å². The molecule has 260 valence electrons. The predicted octanol–water partition coefficient (Wildman–Crippen LogP) is 10.5. The van der Waals surface area contributed by atoms with Crippen LogP contribution in [0, 0.1) is 29.6 Å². The molecule has 5 atom stereocenters. The van der Waals surface area contributed by atoms with Gasteiger partial charge >= 0.3 is 0 Å². The van der Waals surface area contributed by atoms with Crippen molar-refractivity contribution in [3.8, 4) is 0 Å². The summed E-state index contributed by atoms with van der Waals surface area (Å²) in [5, 5.41) is 0. The minimum atomic E-state index is -0.221. The lowest BCUT2D eigenvalue weighted by Crippen LogP contribution is -2.14. The number of carbonyl (C=O) groups is 5. The van der Waals surface area contributed by atoms with Crippen LogP contribution in [0.25, 0.3) is 0 Å². The van der Waals surface area contributed by atoms with Gasteiger partial charge in [0.05, 0.1) is 0 Å². The molecule has 0 radical (unpaired) electrons. The molecule has 5 nitrogen and oxygen atoms in total. The highest BCUT2D eigenvalue weighted by Crippen LogP contribution is 2.21. The molecule has 0 saturated carbocycles. The fraction of sp³-hybridized carbons (Fsp3) is 0.683. The van der Waals surface area contributed by atoms with E-state index in [4.69, 9.17) is 0 Å². The molecule has 0 fully saturated rings. The Bertz CT molecular complexity index is 870. The van der Waals surface area contributed by atoms with Gasteiger partial charge in [-0.3, -0.25) is 0 Å². The van der Waals surface area contributed by atoms with Crippen molar-refractivity contribution < 1.29 is 24.0 Å². The first-order valence-electron chi connectivity index (χ1n) is 18.5. The van der Waals surface area contributed by atoms with Gasteiger partial charge in [-0.15, -0.1) is 0 Å². The summed E-state index contributed by atoms with van der Waals surface area (Å²) < 4.78 is 0. The van der Waals surface area contributed by atoms with Crippen molar-refractivity contribution in [3.63, 3.8) is 0 Å². The van der Waals surface area contributed by atoms with Gasteiger partial charge in [-0.1, -0.05) is 120 Å². The molecule has 0 spiro atoms. The molecule has 0 aliphatic rings. The van der Waals surface area contributed by atoms with E-state index >= 15 is 0 Å². The van der Waals surface area contributed by atoms with Gasteiger partial charge in [-0.2, -0.15) is 0 Å². The molecule has 0 saturated heterocycles. The van der Waals surface area contributed by atoms with Crippen molar-refractivity contribution in [1.82, 2.24) is 0 Å². The molecule has 0 aromatic carbocycles. The summed E-state index contributed by atoms with van der Waals surface area (Å²) in [5.74, 6) is -0.329. The smallest absolute Gasteiger partial charge is 0.123 e. The number of unbranched alkanes of at least 4 members (excludes halogenated alkanes) is 9. The molecule has 46 heavy (non-hydrogen) atoms. The van der Waals surface area contributed by atoms with Gasteiger partial charge in [0.25, 0.3) is 0 Å². The Morgan fingerprint density at radius 3 is 1.59 bits per heavy atom. The second kappa shape index (κ2) is 33.7.